The van der Waals surface area contributed by atoms with Crippen molar-refractivity contribution in [2.75, 3.05) is 23.6 Å². The summed E-state index contributed by atoms with van der Waals surface area (Å²) in [7, 11) is 0. The Kier molecular flexibility index (Phi) is 7.32. The van der Waals surface area contributed by atoms with Gasteiger partial charge in [-0.05, 0) is 37.1 Å². The molecule has 0 saturated carbocycles. The highest BCUT2D eigenvalue weighted by atomic mass is 32.2. The van der Waals surface area contributed by atoms with E-state index in [1.165, 1.54) is 0 Å². The van der Waals surface area contributed by atoms with E-state index in [-0.39, 0.29) is 11.8 Å². The van der Waals surface area contributed by atoms with Crippen LogP contribution in [0.25, 0.3) is 0 Å². The van der Waals surface area contributed by atoms with E-state index in [4.69, 9.17) is 9.84 Å². The molecule has 142 valence electrons. The second-order valence-corrected chi connectivity index (χ2v) is 7.13. The van der Waals surface area contributed by atoms with Crippen molar-refractivity contribution in [3.05, 3.63) is 23.8 Å². The number of ether oxygens (including phenoxy) is 1. The van der Waals surface area contributed by atoms with E-state index in [9.17, 15) is 14.4 Å². The number of nitrogens with one attached hydrogen (secondary N) is 1. The molecular formula is C18H24N2O5S. The van der Waals surface area contributed by atoms with Gasteiger partial charge in [-0.2, -0.15) is 0 Å². The number of hydrogen-bond donors (Lipinski definition) is 2. The predicted molar refractivity (Wildman–Crippen MR) is 100 cm³/mol. The van der Waals surface area contributed by atoms with Crippen LogP contribution in [0.3, 0.4) is 0 Å². The van der Waals surface area contributed by atoms with Crippen molar-refractivity contribution in [2.45, 2.75) is 39.2 Å². The van der Waals surface area contributed by atoms with E-state index >= 15 is 0 Å². The molecule has 1 aliphatic heterocycles. The minimum atomic E-state index is -1.05. The Morgan fingerprint density at radius 2 is 2.15 bits per heavy atom. The molecule has 1 aliphatic rings. The van der Waals surface area contributed by atoms with Gasteiger partial charge in [-0.15, -0.1) is 11.8 Å². The minimum absolute atomic E-state index is 0.0196. The number of hydrogen-bond acceptors (Lipinski definition) is 5. The highest BCUT2D eigenvalue weighted by Crippen LogP contribution is 2.26. The van der Waals surface area contributed by atoms with Gasteiger partial charge in [0, 0.05) is 17.9 Å². The van der Waals surface area contributed by atoms with Crippen LogP contribution in [-0.4, -0.2) is 52.1 Å². The second-order valence-electron chi connectivity index (χ2n) is 6.13. The quantitative estimate of drug-likeness (QED) is 0.719. The smallest absolute Gasteiger partial charge is 0.341 e. The standard InChI is InChI=1S/C18H24N2O5S/c1-3-4-5-16(21)20-11-26-10-15(20)18(24)19-14-7-6-13(8-12(14)2)25-9-17(22)23/h6-8,15H,3-5,9-11H2,1-2H3,(H,19,24)(H,22,23). The number of anilines is 1. The van der Waals surface area contributed by atoms with Crippen molar-refractivity contribution in [3.8, 4) is 5.75 Å². The van der Waals surface area contributed by atoms with Crippen LogP contribution in [-0.2, 0) is 14.4 Å². The summed E-state index contributed by atoms with van der Waals surface area (Å²) < 4.78 is 5.13. The summed E-state index contributed by atoms with van der Waals surface area (Å²) in [6.07, 6.45) is 2.24. The van der Waals surface area contributed by atoms with Crippen molar-refractivity contribution in [1.29, 1.82) is 0 Å². The fourth-order valence-corrected chi connectivity index (χ4v) is 3.79. The van der Waals surface area contributed by atoms with Gasteiger partial charge < -0.3 is 20.1 Å². The zero-order valence-corrected chi connectivity index (χ0v) is 15.8. The number of nitrogens with zero attached hydrogens (tertiary/aromatic N) is 1. The molecule has 2 rings (SSSR count). The SMILES string of the molecule is CCCCC(=O)N1CSCC1C(=O)Nc1ccc(OCC(=O)O)cc1C. The lowest BCUT2D eigenvalue weighted by atomic mass is 10.1. The van der Waals surface area contributed by atoms with E-state index in [1.54, 1.807) is 41.8 Å². The van der Waals surface area contributed by atoms with Crippen LogP contribution in [0.4, 0.5) is 5.69 Å². The summed E-state index contributed by atoms with van der Waals surface area (Å²) in [6.45, 7) is 3.42. The van der Waals surface area contributed by atoms with Crippen LogP contribution >= 0.6 is 11.8 Å². The van der Waals surface area contributed by atoms with Gasteiger partial charge in [0.15, 0.2) is 6.61 Å². The third-order valence-corrected chi connectivity index (χ3v) is 5.08. The molecule has 2 N–H and O–H groups in total. The van der Waals surface area contributed by atoms with Crippen LogP contribution in [0.15, 0.2) is 18.2 Å². The Labute approximate surface area is 157 Å². The highest BCUT2D eigenvalue weighted by molar-refractivity contribution is 7.99. The third kappa shape index (κ3) is 5.39. The van der Waals surface area contributed by atoms with E-state index in [0.29, 0.717) is 29.5 Å². The molecule has 1 aromatic rings. The van der Waals surface area contributed by atoms with Crippen molar-refractivity contribution in [1.82, 2.24) is 4.90 Å². The van der Waals surface area contributed by atoms with Gasteiger partial charge >= 0.3 is 5.97 Å². The first kappa shape index (κ1) is 20.1. The fourth-order valence-electron chi connectivity index (χ4n) is 2.60. The average Bonchev–Trinajstić information content (AvgIpc) is 3.09. The van der Waals surface area contributed by atoms with Gasteiger partial charge in [-0.1, -0.05) is 13.3 Å². The van der Waals surface area contributed by atoms with Crippen molar-refractivity contribution in [3.63, 3.8) is 0 Å². The zero-order chi connectivity index (χ0) is 19.1. The maximum absolute atomic E-state index is 12.6. The molecule has 2 amide bonds. The largest absolute Gasteiger partial charge is 0.482 e. The molecule has 26 heavy (non-hydrogen) atoms. The number of aryl methyl sites for hydroxylation is 1. The van der Waals surface area contributed by atoms with E-state index in [1.807, 2.05) is 6.92 Å². The van der Waals surface area contributed by atoms with Crippen LogP contribution in [0.1, 0.15) is 31.7 Å². The number of amides is 2. The van der Waals surface area contributed by atoms with E-state index < -0.39 is 18.6 Å². The molecule has 0 radical (unpaired) electrons. The number of thioether (sulfide) groups is 1. The van der Waals surface area contributed by atoms with Gasteiger partial charge in [0.2, 0.25) is 11.8 Å². The number of aliphatic carboxylic acids is 1. The maximum Gasteiger partial charge on any atom is 0.341 e. The zero-order valence-electron chi connectivity index (χ0n) is 15.0. The molecule has 0 aliphatic carbocycles. The summed E-state index contributed by atoms with van der Waals surface area (Å²) >= 11 is 1.58. The number of carbonyl (C=O) groups excluding carboxylic acids is 2. The first-order valence-corrected chi connectivity index (χ1v) is 9.71. The molecular weight excluding hydrogens is 356 g/mol. The number of unbranched alkanes of at least 4 members (excludes halogenated alkanes) is 1. The van der Waals surface area contributed by atoms with Gasteiger partial charge in [0.1, 0.15) is 11.8 Å². The summed E-state index contributed by atoms with van der Waals surface area (Å²) in [4.78, 5) is 37.1. The number of rotatable bonds is 8. The van der Waals surface area contributed by atoms with E-state index in [2.05, 4.69) is 5.32 Å². The Morgan fingerprint density at radius 1 is 1.38 bits per heavy atom. The molecule has 1 atom stereocenters. The Morgan fingerprint density at radius 3 is 2.81 bits per heavy atom. The number of carboxylic acid groups (broad SMARTS) is 1. The molecule has 1 heterocycles. The number of benzene rings is 1. The molecule has 1 unspecified atom stereocenters. The monoisotopic (exact) mass is 380 g/mol. The van der Waals surface area contributed by atoms with Gasteiger partial charge in [-0.25, -0.2) is 4.79 Å². The third-order valence-electron chi connectivity index (χ3n) is 4.07. The molecule has 0 aromatic heterocycles. The Bertz CT molecular complexity index is 680. The first-order chi connectivity index (χ1) is 12.4. The van der Waals surface area contributed by atoms with Crippen molar-refractivity contribution in [2.24, 2.45) is 0 Å². The fraction of sp³-hybridized carbons (Fsp3) is 0.500. The van der Waals surface area contributed by atoms with Crippen molar-refractivity contribution < 1.29 is 24.2 Å². The normalized spacial score (nSPS) is 16.4. The Balaban J connectivity index is 2.00. The van der Waals surface area contributed by atoms with Gasteiger partial charge in [0.25, 0.3) is 0 Å². The summed E-state index contributed by atoms with van der Waals surface area (Å²) in [6, 6.07) is 4.49. The summed E-state index contributed by atoms with van der Waals surface area (Å²) in [5.41, 5.74) is 1.38. The predicted octanol–water partition coefficient (Wildman–Crippen LogP) is 2.49. The van der Waals surface area contributed by atoms with Crippen LogP contribution in [0.5, 0.6) is 5.75 Å². The molecule has 1 fully saturated rings. The molecule has 0 spiro atoms. The van der Waals surface area contributed by atoms with Crippen LogP contribution in [0.2, 0.25) is 0 Å². The lowest BCUT2D eigenvalue weighted by Gasteiger charge is -2.23. The maximum atomic E-state index is 12.6. The van der Waals surface area contributed by atoms with Crippen LogP contribution < -0.4 is 10.1 Å². The van der Waals surface area contributed by atoms with Gasteiger partial charge in [-0.3, -0.25) is 9.59 Å². The number of carboxylic acids is 1. The minimum Gasteiger partial charge on any atom is -0.482 e. The lowest BCUT2D eigenvalue weighted by molar-refractivity contribution is -0.139. The summed E-state index contributed by atoms with van der Waals surface area (Å²) in [5, 5.41) is 11.5. The number of carbonyl (C=O) groups is 3. The van der Waals surface area contributed by atoms with Crippen LogP contribution in [0, 0.1) is 6.92 Å². The van der Waals surface area contributed by atoms with Gasteiger partial charge in [0.05, 0.1) is 5.88 Å². The molecule has 8 heteroatoms. The molecule has 1 saturated heterocycles. The van der Waals surface area contributed by atoms with Crippen molar-refractivity contribution >= 4 is 35.2 Å². The van der Waals surface area contributed by atoms with E-state index in [0.717, 1.165) is 18.4 Å². The summed E-state index contributed by atoms with van der Waals surface area (Å²) in [5.74, 6) is 0.319. The molecule has 0 bridgehead atoms. The lowest BCUT2D eigenvalue weighted by Crippen LogP contribution is -2.44. The topological polar surface area (TPSA) is 95.9 Å². The first-order valence-electron chi connectivity index (χ1n) is 8.55. The Hall–Kier alpha value is -2.22. The second kappa shape index (κ2) is 9.47. The molecule has 1 aromatic carbocycles. The highest BCUT2D eigenvalue weighted by Gasteiger charge is 2.34. The average molecular weight is 380 g/mol. The molecule has 7 nitrogen and oxygen atoms in total.